The van der Waals surface area contributed by atoms with Gasteiger partial charge in [0.2, 0.25) is 17.7 Å². The van der Waals surface area contributed by atoms with Crippen LogP contribution in [-0.4, -0.2) is 26.1 Å². The van der Waals surface area contributed by atoms with E-state index in [2.05, 4.69) is 20.4 Å². The van der Waals surface area contributed by atoms with Gasteiger partial charge in [0.05, 0.1) is 0 Å². The number of carbonyl (C=O) groups is 1. The molecule has 0 spiro atoms. The zero-order valence-electron chi connectivity index (χ0n) is 11.3. The van der Waals surface area contributed by atoms with E-state index >= 15 is 0 Å². The van der Waals surface area contributed by atoms with Crippen molar-refractivity contribution in [3.05, 3.63) is 42.1 Å². The van der Waals surface area contributed by atoms with E-state index in [0.717, 1.165) is 6.08 Å². The maximum Gasteiger partial charge on any atom is 0.451 e. The summed E-state index contributed by atoms with van der Waals surface area (Å²) < 4.78 is 42.3. The standard InChI is InChI=1S/C13H8F3N5O2/c14-13(15,16)11-19-12(21-20-11)18-9(22)5-6-10-17-7-3-1-2-4-8(7)23-10/h1-6H,(H2,18,19,20,21,22)/b6-5+. The van der Waals surface area contributed by atoms with Gasteiger partial charge in [0, 0.05) is 12.2 Å². The minimum atomic E-state index is -4.66. The number of amides is 1. The largest absolute Gasteiger partial charge is 0.451 e. The third-order valence-corrected chi connectivity index (χ3v) is 2.68. The summed E-state index contributed by atoms with van der Waals surface area (Å²) in [5.74, 6) is -2.31. The Labute approximate surface area is 126 Å². The SMILES string of the molecule is O=C(/C=C/c1nc2ccccc2o1)Nc1n[nH]c(C(F)(F)F)n1. The van der Waals surface area contributed by atoms with Crippen LogP contribution in [0.4, 0.5) is 19.1 Å². The molecule has 0 fully saturated rings. The van der Waals surface area contributed by atoms with Crippen molar-refractivity contribution in [1.29, 1.82) is 0 Å². The summed E-state index contributed by atoms with van der Waals surface area (Å²) in [6.07, 6.45) is -2.33. The summed E-state index contributed by atoms with van der Waals surface area (Å²) in [5.41, 5.74) is 1.17. The van der Waals surface area contributed by atoms with Gasteiger partial charge >= 0.3 is 6.18 Å². The van der Waals surface area contributed by atoms with Crippen LogP contribution >= 0.6 is 0 Å². The number of rotatable bonds is 3. The maximum absolute atomic E-state index is 12.3. The third-order valence-electron chi connectivity index (χ3n) is 2.68. The molecule has 118 valence electrons. The highest BCUT2D eigenvalue weighted by Crippen LogP contribution is 2.26. The number of oxazole rings is 1. The number of alkyl halides is 3. The molecule has 3 aromatic rings. The lowest BCUT2D eigenvalue weighted by Gasteiger charge is -1.98. The van der Waals surface area contributed by atoms with Gasteiger partial charge in [0.1, 0.15) is 5.52 Å². The Morgan fingerprint density at radius 2 is 2.04 bits per heavy atom. The lowest BCUT2D eigenvalue weighted by atomic mass is 10.3. The van der Waals surface area contributed by atoms with Crippen molar-refractivity contribution >= 4 is 29.0 Å². The molecule has 2 N–H and O–H groups in total. The minimum Gasteiger partial charge on any atom is -0.437 e. The predicted octanol–water partition coefficient (Wildman–Crippen LogP) is 2.62. The molecule has 3 rings (SSSR count). The average molecular weight is 323 g/mol. The quantitative estimate of drug-likeness (QED) is 0.722. The Morgan fingerprint density at radius 1 is 1.26 bits per heavy atom. The number of nitrogens with one attached hydrogen (secondary N) is 2. The molecule has 0 aliphatic heterocycles. The Morgan fingerprint density at radius 3 is 2.74 bits per heavy atom. The number of hydrogen-bond acceptors (Lipinski definition) is 5. The predicted molar refractivity (Wildman–Crippen MR) is 73.1 cm³/mol. The van der Waals surface area contributed by atoms with Crippen molar-refractivity contribution < 1.29 is 22.4 Å². The summed E-state index contributed by atoms with van der Waals surface area (Å²) in [7, 11) is 0. The van der Waals surface area contributed by atoms with Crippen molar-refractivity contribution in [1.82, 2.24) is 20.2 Å². The number of H-pyrrole nitrogens is 1. The lowest BCUT2D eigenvalue weighted by Crippen LogP contribution is -2.10. The number of aromatic nitrogens is 4. The topological polar surface area (TPSA) is 96.7 Å². The van der Waals surface area contributed by atoms with Gasteiger partial charge in [-0.25, -0.2) is 4.98 Å². The van der Waals surface area contributed by atoms with E-state index in [-0.39, 0.29) is 5.89 Å². The second kappa shape index (κ2) is 5.55. The average Bonchev–Trinajstić information content (AvgIpc) is 3.10. The summed E-state index contributed by atoms with van der Waals surface area (Å²) in [5, 5.41) is 7.03. The van der Waals surface area contributed by atoms with Crippen LogP contribution < -0.4 is 5.32 Å². The van der Waals surface area contributed by atoms with Crippen LogP contribution in [0.5, 0.6) is 0 Å². The van der Waals surface area contributed by atoms with Gasteiger partial charge in [0.15, 0.2) is 5.58 Å². The molecule has 7 nitrogen and oxygen atoms in total. The van der Waals surface area contributed by atoms with E-state index < -0.39 is 23.9 Å². The van der Waals surface area contributed by atoms with E-state index in [1.165, 1.54) is 6.08 Å². The van der Waals surface area contributed by atoms with Crippen molar-refractivity contribution in [2.24, 2.45) is 0 Å². The monoisotopic (exact) mass is 323 g/mol. The van der Waals surface area contributed by atoms with Gasteiger partial charge in [-0.1, -0.05) is 12.1 Å². The molecule has 0 radical (unpaired) electrons. The number of halogens is 3. The van der Waals surface area contributed by atoms with Crippen LogP contribution in [0.2, 0.25) is 0 Å². The molecule has 0 atom stereocenters. The van der Waals surface area contributed by atoms with Crippen LogP contribution in [0.15, 0.2) is 34.8 Å². The van der Waals surface area contributed by atoms with Crippen LogP contribution in [0.25, 0.3) is 17.2 Å². The first-order valence-electron chi connectivity index (χ1n) is 6.26. The fourth-order valence-corrected chi connectivity index (χ4v) is 1.70. The third kappa shape index (κ3) is 3.36. The zero-order chi connectivity index (χ0) is 16.4. The number of para-hydroxylation sites is 2. The number of anilines is 1. The van der Waals surface area contributed by atoms with Crippen LogP contribution in [-0.2, 0) is 11.0 Å². The van der Waals surface area contributed by atoms with Gasteiger partial charge in [-0.2, -0.15) is 18.2 Å². The summed E-state index contributed by atoms with van der Waals surface area (Å²) >= 11 is 0. The molecular formula is C13H8F3N5O2. The van der Waals surface area contributed by atoms with Gasteiger partial charge in [-0.3, -0.25) is 15.2 Å². The van der Waals surface area contributed by atoms with Gasteiger partial charge in [-0.05, 0) is 12.1 Å². The molecule has 0 saturated carbocycles. The number of carbonyl (C=O) groups excluding carboxylic acids is 1. The van der Waals surface area contributed by atoms with Gasteiger partial charge in [0.25, 0.3) is 5.91 Å². The highest BCUT2D eigenvalue weighted by Gasteiger charge is 2.35. The molecule has 10 heteroatoms. The van der Waals surface area contributed by atoms with Crippen molar-refractivity contribution in [3.8, 4) is 0 Å². The summed E-state index contributed by atoms with van der Waals surface area (Å²) in [6, 6.07) is 7.01. The molecule has 23 heavy (non-hydrogen) atoms. The van der Waals surface area contributed by atoms with Crippen molar-refractivity contribution in [3.63, 3.8) is 0 Å². The fraction of sp³-hybridized carbons (Fsp3) is 0.0769. The van der Waals surface area contributed by atoms with Crippen LogP contribution in [0.3, 0.4) is 0 Å². The first kappa shape index (κ1) is 14.8. The first-order chi connectivity index (χ1) is 10.9. The van der Waals surface area contributed by atoms with Crippen molar-refractivity contribution in [2.45, 2.75) is 6.18 Å². The molecule has 2 aromatic heterocycles. The van der Waals surface area contributed by atoms with Gasteiger partial charge < -0.3 is 4.42 Å². The first-order valence-corrected chi connectivity index (χ1v) is 6.26. The molecule has 1 aromatic carbocycles. The van der Waals surface area contributed by atoms with E-state index in [0.29, 0.717) is 11.1 Å². The Kier molecular flexibility index (Phi) is 3.56. The highest BCUT2D eigenvalue weighted by molar-refractivity contribution is 6.00. The smallest absolute Gasteiger partial charge is 0.437 e. The Bertz CT molecular complexity index is 848. The molecule has 0 aliphatic carbocycles. The van der Waals surface area contributed by atoms with Crippen molar-refractivity contribution in [2.75, 3.05) is 5.32 Å². The summed E-state index contributed by atoms with van der Waals surface area (Å²) in [6.45, 7) is 0. The van der Waals surface area contributed by atoms with Crippen LogP contribution in [0.1, 0.15) is 11.7 Å². The molecule has 0 aliphatic rings. The second-order valence-corrected chi connectivity index (χ2v) is 4.35. The Hall–Kier alpha value is -3.17. The number of aromatic amines is 1. The summed E-state index contributed by atoms with van der Waals surface area (Å²) in [4.78, 5) is 18.8. The molecule has 2 heterocycles. The number of nitrogens with zero attached hydrogens (tertiary/aromatic N) is 3. The zero-order valence-corrected chi connectivity index (χ0v) is 11.3. The minimum absolute atomic E-state index is 0.187. The molecule has 0 bridgehead atoms. The van der Waals surface area contributed by atoms with Crippen LogP contribution in [0, 0.1) is 0 Å². The van der Waals surface area contributed by atoms with Gasteiger partial charge in [-0.15, -0.1) is 5.10 Å². The highest BCUT2D eigenvalue weighted by atomic mass is 19.4. The molecule has 0 unspecified atom stereocenters. The van der Waals surface area contributed by atoms with E-state index in [9.17, 15) is 18.0 Å². The Balaban J connectivity index is 1.68. The number of fused-ring (bicyclic) bond motifs is 1. The van der Waals surface area contributed by atoms with E-state index in [4.69, 9.17) is 4.42 Å². The lowest BCUT2D eigenvalue weighted by molar-refractivity contribution is -0.144. The molecule has 0 saturated heterocycles. The molecular weight excluding hydrogens is 315 g/mol. The number of benzene rings is 1. The molecule has 1 amide bonds. The second-order valence-electron chi connectivity index (χ2n) is 4.35. The fourth-order valence-electron chi connectivity index (χ4n) is 1.70. The van der Waals surface area contributed by atoms with E-state index in [1.807, 2.05) is 0 Å². The van der Waals surface area contributed by atoms with E-state index in [1.54, 1.807) is 29.4 Å². The normalized spacial score (nSPS) is 12.1. The number of hydrogen-bond donors (Lipinski definition) is 2. The maximum atomic E-state index is 12.3.